The van der Waals surface area contributed by atoms with Gasteiger partial charge in [-0.3, -0.25) is 14.2 Å². The summed E-state index contributed by atoms with van der Waals surface area (Å²) in [7, 11) is 0. The number of nitrogens with one attached hydrogen (secondary N) is 1. The summed E-state index contributed by atoms with van der Waals surface area (Å²) < 4.78 is 3.91. The van der Waals surface area contributed by atoms with Crippen molar-refractivity contribution >= 4 is 38.6 Å². The minimum Gasteiger partial charge on any atom is -0.309 e. The number of anilines is 1. The zero-order valence-electron chi connectivity index (χ0n) is 17.6. The SMILES string of the molecule is CC(C)(C)c1cc(NC(=O)Cn2cnc3ccc(Br)cc3c2=O)n(C(C)(C)C)n1. The van der Waals surface area contributed by atoms with Gasteiger partial charge in [0.2, 0.25) is 5.91 Å². The third-order valence-corrected chi connectivity index (χ3v) is 4.97. The van der Waals surface area contributed by atoms with Crippen LogP contribution in [0.4, 0.5) is 5.82 Å². The maximum Gasteiger partial charge on any atom is 0.261 e. The molecule has 0 fully saturated rings. The zero-order chi connectivity index (χ0) is 21.6. The van der Waals surface area contributed by atoms with Crippen molar-refractivity contribution in [2.75, 3.05) is 5.32 Å². The average Bonchev–Trinajstić information content (AvgIpc) is 3.02. The highest BCUT2D eigenvalue weighted by molar-refractivity contribution is 9.10. The monoisotopic (exact) mass is 459 g/mol. The summed E-state index contributed by atoms with van der Waals surface area (Å²) in [6.07, 6.45) is 1.40. The van der Waals surface area contributed by atoms with E-state index in [-0.39, 0.29) is 29.0 Å². The molecule has 0 spiro atoms. The van der Waals surface area contributed by atoms with Gasteiger partial charge in [0.1, 0.15) is 12.4 Å². The van der Waals surface area contributed by atoms with Crippen molar-refractivity contribution in [3.63, 3.8) is 0 Å². The summed E-state index contributed by atoms with van der Waals surface area (Å²) in [6.45, 7) is 12.2. The summed E-state index contributed by atoms with van der Waals surface area (Å²) in [5.74, 6) is 0.297. The Morgan fingerprint density at radius 2 is 1.83 bits per heavy atom. The van der Waals surface area contributed by atoms with Gasteiger partial charge in [0.25, 0.3) is 5.56 Å². The van der Waals surface area contributed by atoms with Gasteiger partial charge in [-0.2, -0.15) is 5.10 Å². The molecule has 0 aliphatic carbocycles. The van der Waals surface area contributed by atoms with Crippen molar-refractivity contribution in [3.05, 3.63) is 51.1 Å². The number of amides is 1. The second-order valence-corrected chi connectivity index (χ2v) is 10.1. The molecule has 7 nitrogen and oxygen atoms in total. The van der Waals surface area contributed by atoms with Crippen LogP contribution in [0.3, 0.4) is 0 Å². The van der Waals surface area contributed by atoms with Crippen LogP contribution in [0.15, 0.2) is 39.9 Å². The summed E-state index contributed by atoms with van der Waals surface area (Å²) in [5.41, 5.74) is 0.765. The molecule has 29 heavy (non-hydrogen) atoms. The molecule has 3 rings (SSSR count). The second-order valence-electron chi connectivity index (χ2n) is 9.13. The van der Waals surface area contributed by atoms with E-state index in [1.54, 1.807) is 12.1 Å². The maximum absolute atomic E-state index is 12.7. The number of aromatic nitrogens is 4. The highest BCUT2D eigenvalue weighted by Crippen LogP contribution is 2.28. The van der Waals surface area contributed by atoms with E-state index in [1.165, 1.54) is 10.9 Å². The van der Waals surface area contributed by atoms with Gasteiger partial charge in [-0.1, -0.05) is 36.7 Å². The van der Waals surface area contributed by atoms with Gasteiger partial charge in [0.05, 0.1) is 28.5 Å². The Balaban J connectivity index is 1.90. The molecule has 8 heteroatoms. The van der Waals surface area contributed by atoms with Crippen LogP contribution >= 0.6 is 15.9 Å². The summed E-state index contributed by atoms with van der Waals surface area (Å²) in [4.78, 5) is 29.7. The predicted octanol–water partition coefficient (Wildman–Crippen LogP) is 4.05. The van der Waals surface area contributed by atoms with Crippen molar-refractivity contribution in [2.24, 2.45) is 0 Å². The molecule has 3 aromatic rings. The lowest BCUT2D eigenvalue weighted by Gasteiger charge is -2.23. The Labute approximate surface area is 178 Å². The van der Waals surface area contributed by atoms with E-state index in [0.29, 0.717) is 16.7 Å². The maximum atomic E-state index is 12.7. The van der Waals surface area contributed by atoms with Gasteiger partial charge in [0.15, 0.2) is 0 Å². The Bertz CT molecular complexity index is 1130. The van der Waals surface area contributed by atoms with Crippen LogP contribution in [-0.4, -0.2) is 25.2 Å². The summed E-state index contributed by atoms with van der Waals surface area (Å²) in [5, 5.41) is 8.07. The number of hydrogen-bond donors (Lipinski definition) is 1. The number of fused-ring (bicyclic) bond motifs is 1. The van der Waals surface area contributed by atoms with E-state index in [4.69, 9.17) is 5.10 Å². The number of nitrogens with zero attached hydrogens (tertiary/aromatic N) is 4. The number of carbonyl (C=O) groups is 1. The first-order chi connectivity index (χ1) is 13.4. The van der Waals surface area contributed by atoms with E-state index in [2.05, 4.69) is 47.0 Å². The van der Waals surface area contributed by atoms with E-state index in [0.717, 1.165) is 10.2 Å². The quantitative estimate of drug-likeness (QED) is 0.640. The second kappa shape index (κ2) is 7.40. The van der Waals surface area contributed by atoms with Crippen LogP contribution in [-0.2, 0) is 22.3 Å². The number of halogens is 1. The third kappa shape index (κ3) is 4.58. The first-order valence-electron chi connectivity index (χ1n) is 9.42. The van der Waals surface area contributed by atoms with Crippen LogP contribution in [0.5, 0.6) is 0 Å². The van der Waals surface area contributed by atoms with Crippen LogP contribution in [0.25, 0.3) is 10.9 Å². The lowest BCUT2D eigenvalue weighted by atomic mass is 9.92. The van der Waals surface area contributed by atoms with Gasteiger partial charge in [0, 0.05) is 16.0 Å². The molecule has 154 valence electrons. The molecule has 1 N–H and O–H groups in total. The molecule has 0 saturated carbocycles. The number of benzene rings is 1. The van der Waals surface area contributed by atoms with E-state index >= 15 is 0 Å². The van der Waals surface area contributed by atoms with Crippen molar-refractivity contribution in [1.29, 1.82) is 0 Å². The highest BCUT2D eigenvalue weighted by atomic mass is 79.9. The Morgan fingerprint density at radius 3 is 2.45 bits per heavy atom. The Kier molecular flexibility index (Phi) is 5.42. The first-order valence-corrected chi connectivity index (χ1v) is 10.2. The lowest BCUT2D eigenvalue weighted by molar-refractivity contribution is -0.116. The van der Waals surface area contributed by atoms with Gasteiger partial charge >= 0.3 is 0 Å². The van der Waals surface area contributed by atoms with Gasteiger partial charge in [-0.15, -0.1) is 0 Å². The third-order valence-electron chi connectivity index (χ3n) is 4.48. The van der Waals surface area contributed by atoms with Gasteiger partial charge in [-0.25, -0.2) is 9.67 Å². The molecule has 0 bridgehead atoms. The predicted molar refractivity (Wildman–Crippen MR) is 118 cm³/mol. The fourth-order valence-corrected chi connectivity index (χ4v) is 3.29. The standard InChI is InChI=1S/C21H26BrN5O2/c1-20(2,3)16-10-17(27(25-16)21(4,5)6)24-18(28)11-26-12-23-15-8-7-13(22)9-14(15)19(26)29/h7-10,12H,11H2,1-6H3,(H,24,28). The van der Waals surface area contributed by atoms with Gasteiger partial charge < -0.3 is 5.32 Å². The fourth-order valence-electron chi connectivity index (χ4n) is 2.93. The molecule has 2 aromatic heterocycles. The molecular weight excluding hydrogens is 434 g/mol. The minimum absolute atomic E-state index is 0.130. The molecule has 0 unspecified atom stereocenters. The largest absolute Gasteiger partial charge is 0.309 e. The smallest absolute Gasteiger partial charge is 0.261 e. The molecule has 0 saturated heterocycles. The number of hydrogen-bond acceptors (Lipinski definition) is 4. The molecule has 2 heterocycles. The first kappa shape index (κ1) is 21.2. The van der Waals surface area contributed by atoms with Crippen LogP contribution in [0.1, 0.15) is 47.2 Å². The van der Waals surface area contributed by atoms with Crippen molar-refractivity contribution in [1.82, 2.24) is 19.3 Å². The van der Waals surface area contributed by atoms with Crippen LogP contribution < -0.4 is 10.9 Å². The lowest BCUT2D eigenvalue weighted by Crippen LogP contribution is -2.31. The van der Waals surface area contributed by atoms with Gasteiger partial charge in [-0.05, 0) is 39.0 Å². The van der Waals surface area contributed by atoms with E-state index < -0.39 is 0 Å². The summed E-state index contributed by atoms with van der Waals surface area (Å²) >= 11 is 3.37. The minimum atomic E-state index is -0.311. The fraction of sp³-hybridized carbons (Fsp3) is 0.429. The molecule has 1 aromatic carbocycles. The van der Waals surface area contributed by atoms with Crippen LogP contribution in [0, 0.1) is 0 Å². The molecule has 0 radical (unpaired) electrons. The molecular formula is C21H26BrN5O2. The molecule has 0 aliphatic rings. The summed E-state index contributed by atoms with van der Waals surface area (Å²) in [6, 6.07) is 7.19. The normalized spacial score (nSPS) is 12.4. The molecule has 0 atom stereocenters. The van der Waals surface area contributed by atoms with E-state index in [9.17, 15) is 9.59 Å². The van der Waals surface area contributed by atoms with E-state index in [1.807, 2.05) is 37.6 Å². The zero-order valence-corrected chi connectivity index (χ0v) is 19.2. The van der Waals surface area contributed by atoms with Crippen molar-refractivity contribution < 1.29 is 4.79 Å². The highest BCUT2D eigenvalue weighted by Gasteiger charge is 2.25. The Hall–Kier alpha value is -2.48. The average molecular weight is 460 g/mol. The number of carbonyl (C=O) groups excluding carboxylic acids is 1. The number of rotatable bonds is 3. The van der Waals surface area contributed by atoms with Crippen molar-refractivity contribution in [2.45, 2.75) is 59.0 Å². The topological polar surface area (TPSA) is 81.8 Å². The molecule has 0 aliphatic heterocycles. The van der Waals surface area contributed by atoms with Crippen LogP contribution in [0.2, 0.25) is 0 Å². The van der Waals surface area contributed by atoms with Crippen molar-refractivity contribution in [3.8, 4) is 0 Å². The molecule has 1 amide bonds. The Morgan fingerprint density at radius 1 is 1.14 bits per heavy atom.